The van der Waals surface area contributed by atoms with Crippen molar-refractivity contribution in [3.63, 3.8) is 0 Å². The van der Waals surface area contributed by atoms with Crippen molar-refractivity contribution in [3.8, 4) is 11.5 Å². The lowest BCUT2D eigenvalue weighted by Gasteiger charge is -2.24. The molecule has 0 bridgehead atoms. The summed E-state index contributed by atoms with van der Waals surface area (Å²) >= 11 is 0. The Balaban J connectivity index is 2.71. The maximum Gasteiger partial charge on any atom is 0.311 e. The highest BCUT2D eigenvalue weighted by Crippen LogP contribution is 2.45. The average molecular weight is 292 g/mol. The van der Waals surface area contributed by atoms with Gasteiger partial charge in [0.1, 0.15) is 0 Å². The molecular formula is C10H12O6S2. The van der Waals surface area contributed by atoms with Gasteiger partial charge >= 0.3 is 4.27 Å². The van der Waals surface area contributed by atoms with Crippen LogP contribution in [0, 0.1) is 0 Å². The molecule has 1 heterocycles. The summed E-state index contributed by atoms with van der Waals surface area (Å²) in [4.78, 5) is 0. The van der Waals surface area contributed by atoms with Crippen molar-refractivity contribution >= 4 is 19.7 Å². The molecule has 0 atom stereocenters. The molecule has 1 aromatic rings. The van der Waals surface area contributed by atoms with E-state index in [0.717, 1.165) is 12.5 Å². The van der Waals surface area contributed by atoms with E-state index < -0.39 is 23.9 Å². The van der Waals surface area contributed by atoms with Crippen molar-refractivity contribution in [1.29, 1.82) is 0 Å². The summed E-state index contributed by atoms with van der Waals surface area (Å²) in [5, 5.41) is 9.58. The van der Waals surface area contributed by atoms with E-state index in [9.17, 15) is 21.9 Å². The van der Waals surface area contributed by atoms with Crippen molar-refractivity contribution < 1.29 is 26.7 Å². The van der Waals surface area contributed by atoms with Gasteiger partial charge in [-0.1, -0.05) is 12.1 Å². The minimum absolute atomic E-state index is 0.0895. The third-order valence-electron chi connectivity index (χ3n) is 2.87. The molecule has 0 amide bonds. The zero-order valence-electron chi connectivity index (χ0n) is 9.74. The van der Waals surface area contributed by atoms with Gasteiger partial charge in [0.2, 0.25) is 19.7 Å². The van der Waals surface area contributed by atoms with E-state index in [1.807, 2.05) is 0 Å². The molecule has 1 aliphatic heterocycles. The standard InChI is InChI=1S/C10H12O6S2/c1-17(12,13)10(18(2,14)15)6-7-4-3-5-8(11)9(7)16-10/h3-5,11H,6H2,1-2H3. The van der Waals surface area contributed by atoms with Gasteiger partial charge in [-0.25, -0.2) is 16.8 Å². The molecule has 0 unspecified atom stereocenters. The highest BCUT2D eigenvalue weighted by atomic mass is 32.3. The average Bonchev–Trinajstić information content (AvgIpc) is 2.57. The minimum Gasteiger partial charge on any atom is -0.504 e. The number of fused-ring (bicyclic) bond motifs is 1. The SMILES string of the molecule is CS(=O)(=O)C1(S(C)(=O)=O)Cc2cccc(O)c2O1. The van der Waals surface area contributed by atoms with Gasteiger partial charge in [0.15, 0.2) is 11.5 Å². The maximum atomic E-state index is 11.8. The molecule has 1 aliphatic rings. The van der Waals surface area contributed by atoms with Crippen LogP contribution in [-0.2, 0) is 26.1 Å². The number of hydrogen-bond donors (Lipinski definition) is 1. The molecule has 0 aromatic heterocycles. The van der Waals surface area contributed by atoms with Crippen molar-refractivity contribution in [2.45, 2.75) is 10.7 Å². The summed E-state index contributed by atoms with van der Waals surface area (Å²) in [6.07, 6.45) is 1.28. The third-order valence-corrected chi connectivity index (χ3v) is 7.40. The maximum absolute atomic E-state index is 11.8. The highest BCUT2D eigenvalue weighted by molar-refractivity contribution is 8.09. The smallest absolute Gasteiger partial charge is 0.311 e. The molecule has 0 saturated carbocycles. The van der Waals surface area contributed by atoms with Crippen LogP contribution in [0.1, 0.15) is 5.56 Å². The zero-order chi connectivity index (χ0) is 13.8. The van der Waals surface area contributed by atoms with E-state index >= 15 is 0 Å². The Labute approximate surface area is 105 Å². The zero-order valence-corrected chi connectivity index (χ0v) is 11.4. The Morgan fingerprint density at radius 2 is 1.72 bits per heavy atom. The molecule has 6 nitrogen and oxygen atoms in total. The lowest BCUT2D eigenvalue weighted by Crippen LogP contribution is -2.49. The van der Waals surface area contributed by atoms with Crippen molar-refractivity contribution in [3.05, 3.63) is 23.8 Å². The number of hydrogen-bond acceptors (Lipinski definition) is 6. The third kappa shape index (κ3) is 1.67. The summed E-state index contributed by atoms with van der Waals surface area (Å²) in [6.45, 7) is 0. The second kappa shape index (κ2) is 3.61. The van der Waals surface area contributed by atoms with Crippen LogP contribution in [-0.4, -0.2) is 38.7 Å². The van der Waals surface area contributed by atoms with Crippen LogP contribution in [0.15, 0.2) is 18.2 Å². The fourth-order valence-electron chi connectivity index (χ4n) is 1.94. The molecule has 0 radical (unpaired) electrons. The Morgan fingerprint density at radius 3 is 2.17 bits per heavy atom. The molecule has 0 aliphatic carbocycles. The monoisotopic (exact) mass is 292 g/mol. The lowest BCUT2D eigenvalue weighted by molar-refractivity contribution is 0.251. The van der Waals surface area contributed by atoms with Gasteiger partial charge in [-0.2, -0.15) is 0 Å². The molecule has 8 heteroatoms. The van der Waals surface area contributed by atoms with E-state index in [-0.39, 0.29) is 17.9 Å². The fourth-order valence-corrected chi connectivity index (χ4v) is 5.45. The number of phenolic OH excluding ortho intramolecular Hbond substituents is 1. The van der Waals surface area contributed by atoms with Crippen LogP contribution in [0.5, 0.6) is 11.5 Å². The van der Waals surface area contributed by atoms with Crippen LogP contribution < -0.4 is 4.74 Å². The van der Waals surface area contributed by atoms with E-state index in [4.69, 9.17) is 4.74 Å². The van der Waals surface area contributed by atoms with Gasteiger partial charge in [0.25, 0.3) is 0 Å². The number of aromatic hydroxyl groups is 1. The van der Waals surface area contributed by atoms with Crippen molar-refractivity contribution in [1.82, 2.24) is 0 Å². The lowest BCUT2D eigenvalue weighted by atomic mass is 10.1. The number of benzene rings is 1. The Hall–Kier alpha value is -1.28. The Bertz CT molecular complexity index is 670. The molecule has 0 spiro atoms. The van der Waals surface area contributed by atoms with Gasteiger partial charge in [-0.15, -0.1) is 0 Å². The van der Waals surface area contributed by atoms with Gasteiger partial charge in [-0.05, 0) is 6.07 Å². The summed E-state index contributed by atoms with van der Waals surface area (Å²) < 4.78 is 50.0. The number of sulfone groups is 2. The molecule has 0 saturated heterocycles. The molecule has 18 heavy (non-hydrogen) atoms. The molecule has 1 aromatic carbocycles. The molecule has 1 N–H and O–H groups in total. The predicted octanol–water partition coefficient (Wildman–Crippen LogP) is 0.0701. The van der Waals surface area contributed by atoms with E-state index in [2.05, 4.69) is 0 Å². The predicted molar refractivity (Wildman–Crippen MR) is 64.9 cm³/mol. The first kappa shape index (κ1) is 13.2. The van der Waals surface area contributed by atoms with Crippen LogP contribution in [0.3, 0.4) is 0 Å². The second-order valence-electron chi connectivity index (χ2n) is 4.27. The minimum atomic E-state index is -4.03. The molecular weight excluding hydrogens is 280 g/mol. The van der Waals surface area contributed by atoms with Crippen LogP contribution in [0.4, 0.5) is 0 Å². The van der Waals surface area contributed by atoms with E-state index in [1.165, 1.54) is 18.2 Å². The van der Waals surface area contributed by atoms with Gasteiger partial charge in [0, 0.05) is 24.5 Å². The van der Waals surface area contributed by atoms with Crippen LogP contribution >= 0.6 is 0 Å². The van der Waals surface area contributed by atoms with Crippen LogP contribution in [0.25, 0.3) is 0 Å². The quantitative estimate of drug-likeness (QED) is 0.828. The number of rotatable bonds is 2. The fraction of sp³-hybridized carbons (Fsp3) is 0.400. The Kier molecular flexibility index (Phi) is 2.64. The van der Waals surface area contributed by atoms with Crippen molar-refractivity contribution in [2.75, 3.05) is 12.5 Å². The highest BCUT2D eigenvalue weighted by Gasteiger charge is 2.57. The van der Waals surface area contributed by atoms with Gasteiger partial charge in [0.05, 0.1) is 0 Å². The van der Waals surface area contributed by atoms with Crippen molar-refractivity contribution in [2.24, 2.45) is 0 Å². The summed E-state index contributed by atoms with van der Waals surface area (Å²) in [6, 6.07) is 4.32. The van der Waals surface area contributed by atoms with E-state index in [1.54, 1.807) is 0 Å². The summed E-state index contributed by atoms with van der Waals surface area (Å²) in [5.74, 6) is -0.366. The van der Waals surface area contributed by atoms with Gasteiger partial charge in [-0.3, -0.25) is 0 Å². The largest absolute Gasteiger partial charge is 0.504 e. The van der Waals surface area contributed by atoms with Gasteiger partial charge < -0.3 is 9.84 Å². The number of para-hydroxylation sites is 1. The molecule has 100 valence electrons. The topological polar surface area (TPSA) is 97.7 Å². The normalized spacial score (nSPS) is 18.1. The first-order chi connectivity index (χ1) is 8.08. The van der Waals surface area contributed by atoms with E-state index in [0.29, 0.717) is 5.56 Å². The first-order valence-corrected chi connectivity index (χ1v) is 8.76. The first-order valence-electron chi connectivity index (χ1n) is 4.97. The number of ether oxygens (including phenoxy) is 1. The van der Waals surface area contributed by atoms with Crippen LogP contribution in [0.2, 0.25) is 0 Å². The second-order valence-corrected chi connectivity index (χ2v) is 8.94. The Morgan fingerprint density at radius 1 is 1.17 bits per heavy atom. The summed E-state index contributed by atoms with van der Waals surface area (Å²) in [5.41, 5.74) is 0.353. The number of phenols is 1. The molecule has 0 fully saturated rings. The molecule has 2 rings (SSSR count). The summed E-state index contributed by atoms with van der Waals surface area (Å²) in [7, 11) is -8.06.